The molecule has 2 aromatic heterocycles. The van der Waals surface area contributed by atoms with Gasteiger partial charge in [-0.25, -0.2) is 9.97 Å². The zero-order valence-corrected chi connectivity index (χ0v) is 18.9. The number of likely N-dealkylation sites (N-methyl/N-ethyl adjacent to an activating group) is 1. The van der Waals surface area contributed by atoms with Crippen molar-refractivity contribution in [2.24, 2.45) is 5.92 Å². The summed E-state index contributed by atoms with van der Waals surface area (Å²) in [6.07, 6.45) is 7.78. The molecule has 9 heteroatoms. The van der Waals surface area contributed by atoms with Gasteiger partial charge in [-0.2, -0.15) is 4.98 Å². The van der Waals surface area contributed by atoms with Crippen molar-refractivity contribution in [2.45, 2.75) is 37.8 Å². The third-order valence-corrected chi connectivity index (χ3v) is 6.91. The average Bonchev–Trinajstić information content (AvgIpc) is 2.86. The van der Waals surface area contributed by atoms with E-state index in [1.165, 1.54) is 0 Å². The Hall–Kier alpha value is -2.81. The lowest BCUT2D eigenvalue weighted by atomic mass is 9.90. The molecule has 0 spiro atoms. The van der Waals surface area contributed by atoms with Crippen LogP contribution in [0.4, 0.5) is 17.5 Å². The Morgan fingerprint density at radius 1 is 1.16 bits per heavy atom. The molecule has 0 saturated carbocycles. The molecular formula is C23H34N6O3. The highest BCUT2D eigenvalue weighted by Crippen LogP contribution is 2.35. The molecule has 1 atom stereocenters. The topological polar surface area (TPSA) is 84.9 Å². The molecule has 0 amide bonds. The first-order valence-corrected chi connectivity index (χ1v) is 11.5. The van der Waals surface area contributed by atoms with Crippen LogP contribution in [-0.2, 0) is 4.74 Å². The minimum absolute atomic E-state index is 0. The fraction of sp³-hybridized carbons (Fsp3) is 0.609. The van der Waals surface area contributed by atoms with Gasteiger partial charge >= 0.3 is 0 Å². The molecule has 174 valence electrons. The van der Waals surface area contributed by atoms with Crippen molar-refractivity contribution >= 4 is 17.5 Å². The highest BCUT2D eigenvalue weighted by Gasteiger charge is 2.34. The molecule has 2 saturated heterocycles. The summed E-state index contributed by atoms with van der Waals surface area (Å²) in [6.45, 7) is 4.28. The molecule has 1 N–H and O–H groups in total. The van der Waals surface area contributed by atoms with Crippen LogP contribution in [-0.4, -0.2) is 74.1 Å². The van der Waals surface area contributed by atoms with Gasteiger partial charge < -0.3 is 29.3 Å². The number of hydrogen-bond acceptors (Lipinski definition) is 9. The van der Waals surface area contributed by atoms with E-state index < -0.39 is 0 Å². The maximum atomic E-state index is 6.03. The van der Waals surface area contributed by atoms with Gasteiger partial charge in [-0.05, 0) is 37.7 Å². The third kappa shape index (κ3) is 4.39. The van der Waals surface area contributed by atoms with Crippen LogP contribution >= 0.6 is 0 Å². The second-order valence-electron chi connectivity index (χ2n) is 8.78. The van der Waals surface area contributed by atoms with Crippen LogP contribution in [0.15, 0.2) is 24.5 Å². The summed E-state index contributed by atoms with van der Waals surface area (Å²) >= 11 is 0. The van der Waals surface area contributed by atoms with Gasteiger partial charge in [0.05, 0.1) is 19.3 Å². The Morgan fingerprint density at radius 2 is 1.97 bits per heavy atom. The normalized spacial score (nSPS) is 22.2. The van der Waals surface area contributed by atoms with E-state index in [9.17, 15) is 0 Å². The van der Waals surface area contributed by atoms with E-state index in [-0.39, 0.29) is 1.43 Å². The summed E-state index contributed by atoms with van der Waals surface area (Å²) < 4.78 is 16.8. The SMILES string of the molecule is COc1cc(N2CCC(Nc3ncc4c(n3)N(C)C(C3CCOCC3)CO4)CC2)ccn1.[HH]. The summed E-state index contributed by atoms with van der Waals surface area (Å²) in [5, 5.41) is 3.55. The number of methoxy groups -OCH3 is 1. The van der Waals surface area contributed by atoms with Crippen molar-refractivity contribution < 1.29 is 15.6 Å². The van der Waals surface area contributed by atoms with Crippen molar-refractivity contribution in [3.05, 3.63) is 24.5 Å². The summed E-state index contributed by atoms with van der Waals surface area (Å²) in [5.41, 5.74) is 1.15. The van der Waals surface area contributed by atoms with Crippen molar-refractivity contribution in [2.75, 3.05) is 62.2 Å². The Labute approximate surface area is 190 Å². The zero-order valence-electron chi connectivity index (χ0n) is 18.9. The van der Waals surface area contributed by atoms with Crippen molar-refractivity contribution in [3.8, 4) is 11.6 Å². The molecule has 9 nitrogen and oxygen atoms in total. The molecule has 0 bridgehead atoms. The zero-order chi connectivity index (χ0) is 21.9. The van der Waals surface area contributed by atoms with Gasteiger partial charge in [0.2, 0.25) is 11.8 Å². The highest BCUT2D eigenvalue weighted by atomic mass is 16.5. The summed E-state index contributed by atoms with van der Waals surface area (Å²) in [5.74, 6) is 3.55. The molecule has 2 aromatic rings. The van der Waals surface area contributed by atoms with Crippen molar-refractivity contribution in [1.29, 1.82) is 0 Å². The van der Waals surface area contributed by atoms with Crippen molar-refractivity contribution in [3.63, 3.8) is 0 Å². The van der Waals surface area contributed by atoms with E-state index in [1.807, 2.05) is 12.1 Å². The van der Waals surface area contributed by atoms with Gasteiger partial charge in [0.1, 0.15) is 6.61 Å². The van der Waals surface area contributed by atoms with Crippen LogP contribution in [0.2, 0.25) is 0 Å². The molecule has 5 rings (SSSR count). The van der Waals surface area contributed by atoms with Crippen LogP contribution in [0.1, 0.15) is 27.1 Å². The number of pyridine rings is 1. The Morgan fingerprint density at radius 3 is 2.75 bits per heavy atom. The van der Waals surface area contributed by atoms with Crippen LogP contribution in [0, 0.1) is 5.92 Å². The first-order chi connectivity index (χ1) is 15.7. The number of rotatable bonds is 5. The smallest absolute Gasteiger partial charge is 0.225 e. The number of nitrogens with one attached hydrogen (secondary N) is 1. The van der Waals surface area contributed by atoms with Crippen LogP contribution in [0.3, 0.4) is 0 Å². The van der Waals surface area contributed by atoms with Crippen LogP contribution < -0.4 is 24.6 Å². The summed E-state index contributed by atoms with van der Waals surface area (Å²) in [6, 6.07) is 4.70. The van der Waals surface area contributed by atoms with Gasteiger partial charge in [-0.1, -0.05) is 0 Å². The Balaban J connectivity index is 0.00000259. The average molecular weight is 443 g/mol. The summed E-state index contributed by atoms with van der Waals surface area (Å²) in [7, 11) is 3.77. The molecule has 5 heterocycles. The second kappa shape index (κ2) is 9.36. The lowest BCUT2D eigenvalue weighted by Crippen LogP contribution is -2.47. The monoisotopic (exact) mass is 442 g/mol. The fourth-order valence-electron chi connectivity index (χ4n) is 4.95. The van der Waals surface area contributed by atoms with Gasteiger partial charge in [0.25, 0.3) is 0 Å². The highest BCUT2D eigenvalue weighted by molar-refractivity contribution is 5.56. The minimum atomic E-state index is 0. The number of nitrogens with zero attached hydrogens (tertiary/aromatic N) is 5. The van der Waals surface area contributed by atoms with Gasteiger partial charge in [0.15, 0.2) is 11.6 Å². The van der Waals surface area contributed by atoms with E-state index in [1.54, 1.807) is 19.5 Å². The minimum Gasteiger partial charge on any atom is -0.486 e. The maximum Gasteiger partial charge on any atom is 0.225 e. The lowest BCUT2D eigenvalue weighted by Gasteiger charge is -2.40. The van der Waals surface area contributed by atoms with E-state index in [2.05, 4.69) is 32.1 Å². The molecule has 32 heavy (non-hydrogen) atoms. The fourth-order valence-corrected chi connectivity index (χ4v) is 4.95. The largest absolute Gasteiger partial charge is 0.486 e. The second-order valence-corrected chi connectivity index (χ2v) is 8.78. The number of anilines is 3. The van der Waals surface area contributed by atoms with E-state index in [0.29, 0.717) is 36.4 Å². The lowest BCUT2D eigenvalue weighted by molar-refractivity contribution is 0.0493. The number of ether oxygens (including phenoxy) is 3. The summed E-state index contributed by atoms with van der Waals surface area (Å²) in [4.78, 5) is 18.2. The van der Waals surface area contributed by atoms with E-state index in [0.717, 1.165) is 69.2 Å². The predicted molar refractivity (Wildman–Crippen MR) is 125 cm³/mol. The Bertz CT molecular complexity index is 921. The molecule has 0 aliphatic carbocycles. The maximum absolute atomic E-state index is 6.03. The number of aromatic nitrogens is 3. The van der Waals surface area contributed by atoms with E-state index in [4.69, 9.17) is 19.2 Å². The van der Waals surface area contributed by atoms with Crippen LogP contribution in [0.25, 0.3) is 0 Å². The molecule has 0 aromatic carbocycles. The molecule has 1 unspecified atom stereocenters. The van der Waals surface area contributed by atoms with Gasteiger partial charge in [-0.3, -0.25) is 0 Å². The first-order valence-electron chi connectivity index (χ1n) is 11.5. The van der Waals surface area contributed by atoms with Crippen molar-refractivity contribution in [1.82, 2.24) is 15.0 Å². The molecular weight excluding hydrogens is 408 g/mol. The molecule has 3 aliphatic heterocycles. The van der Waals surface area contributed by atoms with Gasteiger partial charge in [-0.15, -0.1) is 0 Å². The predicted octanol–water partition coefficient (Wildman–Crippen LogP) is 2.83. The Kier molecular flexibility index (Phi) is 6.16. The van der Waals surface area contributed by atoms with Gasteiger partial charge in [0, 0.05) is 58.8 Å². The standard InChI is InChI=1S/C23H32N6O3.H2/c1-28-19(16-6-11-31-12-7-16)15-32-20-14-25-23(27-22(20)28)26-17-4-9-29(10-5-17)18-3-8-24-21(13-18)30-2;/h3,8,13-14,16-17,19H,4-7,9-12,15H2,1-2H3,(H,25,26,27);1H. The first kappa shape index (κ1) is 21.1. The van der Waals surface area contributed by atoms with Crippen LogP contribution in [0.5, 0.6) is 11.6 Å². The molecule has 3 aliphatic rings. The number of hydrogen-bond donors (Lipinski definition) is 1. The van der Waals surface area contributed by atoms with E-state index >= 15 is 0 Å². The number of piperidine rings is 1. The molecule has 0 radical (unpaired) electrons. The third-order valence-electron chi connectivity index (χ3n) is 6.91. The number of fused-ring (bicyclic) bond motifs is 1. The quantitative estimate of drug-likeness (QED) is 0.751. The molecule has 2 fully saturated rings.